The summed E-state index contributed by atoms with van der Waals surface area (Å²) in [4.78, 5) is 36.2. The Bertz CT molecular complexity index is 1990. The molecule has 4 heterocycles. The summed E-state index contributed by atoms with van der Waals surface area (Å²) >= 11 is 0. The highest BCUT2D eigenvalue weighted by Gasteiger charge is 2.71. The van der Waals surface area contributed by atoms with Crippen LogP contribution in [0.25, 0.3) is 6.08 Å². The van der Waals surface area contributed by atoms with Crippen molar-refractivity contribution in [1.29, 1.82) is 0 Å². The van der Waals surface area contributed by atoms with Gasteiger partial charge in [-0.2, -0.15) is 0 Å². The lowest BCUT2D eigenvalue weighted by Gasteiger charge is -2.43. The zero-order valence-electron chi connectivity index (χ0n) is 27.0. The number of nitrogens with zero attached hydrogens (tertiary/aromatic N) is 4. The van der Waals surface area contributed by atoms with Gasteiger partial charge in [-0.05, 0) is 46.2 Å². The molecule has 7 heteroatoms. The molecule has 2 amide bonds. The van der Waals surface area contributed by atoms with Crippen LogP contribution in [0.2, 0.25) is 0 Å². The number of amides is 2. The Morgan fingerprint density at radius 1 is 0.875 bits per heavy atom. The first kappa shape index (κ1) is 29.7. The molecule has 48 heavy (non-hydrogen) atoms. The first-order valence-electron chi connectivity index (χ1n) is 16.3. The second kappa shape index (κ2) is 10.7. The predicted molar refractivity (Wildman–Crippen MR) is 188 cm³/mol. The first-order chi connectivity index (χ1) is 23.3. The Morgan fingerprint density at radius 3 is 1.96 bits per heavy atom. The predicted octanol–water partition coefficient (Wildman–Crippen LogP) is 6.46. The fourth-order valence-corrected chi connectivity index (χ4v) is 8.67. The molecule has 0 radical (unpaired) electrons. The molecule has 1 unspecified atom stereocenters. The van der Waals surface area contributed by atoms with E-state index in [1.165, 1.54) is 0 Å². The Hall–Kier alpha value is -5.69. The van der Waals surface area contributed by atoms with Gasteiger partial charge in [0.05, 0.1) is 12.0 Å². The third-order valence-corrected chi connectivity index (χ3v) is 11.0. The van der Waals surface area contributed by atoms with Crippen LogP contribution in [0.5, 0.6) is 0 Å². The molecule has 5 aromatic rings. The minimum Gasteiger partial charge on any atom is -0.368 e. The van der Waals surface area contributed by atoms with Gasteiger partial charge < -0.3 is 20.1 Å². The summed E-state index contributed by atoms with van der Waals surface area (Å²) in [5.74, 6) is -0.728. The van der Waals surface area contributed by atoms with E-state index < -0.39 is 34.5 Å². The number of hydrogen-bond donors (Lipinski definition) is 1. The van der Waals surface area contributed by atoms with Crippen molar-refractivity contribution in [2.75, 3.05) is 4.90 Å². The lowest BCUT2D eigenvalue weighted by atomic mass is 9.60. The second-order valence-electron chi connectivity index (χ2n) is 13.5. The molecular weight excluding hydrogens is 594 g/mol. The fraction of sp³-hybridized carbons (Fsp3) is 0.195. The molecule has 1 aromatic heterocycles. The fourth-order valence-electron chi connectivity index (χ4n) is 8.67. The van der Waals surface area contributed by atoms with E-state index in [2.05, 4.69) is 115 Å². The highest BCUT2D eigenvalue weighted by Crippen LogP contribution is 2.65. The van der Waals surface area contributed by atoms with Crippen molar-refractivity contribution in [3.63, 3.8) is 0 Å². The molecule has 2 fully saturated rings. The summed E-state index contributed by atoms with van der Waals surface area (Å²) in [6.45, 7) is 8.45. The van der Waals surface area contributed by atoms with E-state index in [1.807, 2.05) is 55.0 Å². The highest BCUT2D eigenvalue weighted by atomic mass is 16.2. The number of primary amides is 1. The Labute approximate surface area is 280 Å². The van der Waals surface area contributed by atoms with Crippen molar-refractivity contribution < 1.29 is 9.59 Å². The van der Waals surface area contributed by atoms with Crippen LogP contribution in [-0.4, -0.2) is 38.5 Å². The average Bonchev–Trinajstić information content (AvgIpc) is 3.87. The largest absolute Gasteiger partial charge is 0.368 e. The summed E-state index contributed by atoms with van der Waals surface area (Å²) < 4.78 is 2.13. The molecule has 2 N–H and O–H groups in total. The maximum Gasteiger partial charge on any atom is 0.273 e. The Balaban J connectivity index is 1.33. The topological polar surface area (TPSA) is 84.5 Å². The van der Waals surface area contributed by atoms with Gasteiger partial charge in [-0.3, -0.25) is 9.59 Å². The molecule has 0 bridgehead atoms. The molecule has 3 aliphatic heterocycles. The molecule has 0 saturated carbocycles. The first-order valence-corrected chi connectivity index (χ1v) is 16.3. The number of rotatable bonds is 8. The minimum absolute atomic E-state index is 0.227. The molecule has 3 atom stereocenters. The monoisotopic (exact) mass is 631 g/mol. The second-order valence-corrected chi connectivity index (χ2v) is 13.5. The summed E-state index contributed by atoms with van der Waals surface area (Å²) in [5.41, 5.74) is 10.6. The number of allylic oxidation sites excluding steroid dienone is 1. The van der Waals surface area contributed by atoms with E-state index in [-0.39, 0.29) is 5.91 Å². The molecular formula is C41H37N5O2. The maximum atomic E-state index is 14.5. The van der Waals surface area contributed by atoms with Crippen LogP contribution in [0.15, 0.2) is 146 Å². The van der Waals surface area contributed by atoms with Crippen molar-refractivity contribution in [3.8, 4) is 0 Å². The lowest BCUT2D eigenvalue weighted by molar-refractivity contribution is -0.133. The number of aromatic nitrogens is 2. The number of imidazole rings is 1. The van der Waals surface area contributed by atoms with Gasteiger partial charge in [0.15, 0.2) is 0 Å². The van der Waals surface area contributed by atoms with E-state index in [0.29, 0.717) is 17.8 Å². The Kier molecular flexibility index (Phi) is 6.60. The van der Waals surface area contributed by atoms with Gasteiger partial charge in [0, 0.05) is 17.3 Å². The number of benzene rings is 4. The molecule has 3 aliphatic rings. The van der Waals surface area contributed by atoms with Crippen molar-refractivity contribution in [3.05, 3.63) is 174 Å². The lowest BCUT2D eigenvalue weighted by Crippen LogP contribution is -2.51. The number of carbonyl (C=O) groups excluding carboxylic acids is 2. The van der Waals surface area contributed by atoms with Crippen LogP contribution in [0.3, 0.4) is 0 Å². The normalized spacial score (nSPS) is 22.2. The SMILES string of the molecule is C=CC(C)(C)[C@]12C[C@@H](C(N)=O)N3C(=O)C(=Cc4cn(C(c5ccccc5)(c5ccccc5)c5ccccc5)cn4)N(c4ccccc41)C32. The zero-order valence-corrected chi connectivity index (χ0v) is 27.0. The van der Waals surface area contributed by atoms with E-state index in [9.17, 15) is 9.59 Å². The quantitative estimate of drug-likeness (QED) is 0.121. The van der Waals surface area contributed by atoms with Crippen molar-refractivity contribution in [2.24, 2.45) is 11.1 Å². The smallest absolute Gasteiger partial charge is 0.273 e. The van der Waals surface area contributed by atoms with Crippen molar-refractivity contribution in [1.82, 2.24) is 14.5 Å². The molecule has 0 aliphatic carbocycles. The number of para-hydroxylation sites is 1. The number of anilines is 1. The molecule has 4 aromatic carbocycles. The van der Waals surface area contributed by atoms with Gasteiger partial charge in [-0.15, -0.1) is 6.58 Å². The van der Waals surface area contributed by atoms with Crippen molar-refractivity contribution >= 4 is 23.6 Å². The van der Waals surface area contributed by atoms with Gasteiger partial charge in [0.2, 0.25) is 5.91 Å². The molecule has 2 saturated heterocycles. The van der Waals surface area contributed by atoms with E-state index in [0.717, 1.165) is 27.9 Å². The summed E-state index contributed by atoms with van der Waals surface area (Å²) in [5, 5.41) is 0. The maximum absolute atomic E-state index is 14.5. The average molecular weight is 632 g/mol. The number of nitrogens with two attached hydrogens (primary N) is 1. The van der Waals surface area contributed by atoms with E-state index in [4.69, 9.17) is 10.7 Å². The van der Waals surface area contributed by atoms with Crippen molar-refractivity contribution in [2.45, 2.75) is 43.4 Å². The number of hydrogen-bond acceptors (Lipinski definition) is 4. The third-order valence-electron chi connectivity index (χ3n) is 11.0. The van der Waals surface area contributed by atoms with E-state index >= 15 is 0 Å². The number of carbonyl (C=O) groups is 2. The Morgan fingerprint density at radius 2 is 1.42 bits per heavy atom. The van der Waals surface area contributed by atoms with Crippen LogP contribution in [0, 0.1) is 5.41 Å². The summed E-state index contributed by atoms with van der Waals surface area (Å²) in [6.07, 6.45) is 7.66. The number of fused-ring (bicyclic) bond motifs is 3. The van der Waals surface area contributed by atoms with Gasteiger partial charge in [-0.1, -0.05) is 129 Å². The summed E-state index contributed by atoms with van der Waals surface area (Å²) in [7, 11) is 0. The van der Waals surface area contributed by atoms with E-state index in [1.54, 1.807) is 4.90 Å². The minimum atomic E-state index is -0.747. The van der Waals surface area contributed by atoms with Crippen LogP contribution in [-0.2, 0) is 20.5 Å². The van der Waals surface area contributed by atoms with Crippen LogP contribution < -0.4 is 10.6 Å². The molecule has 238 valence electrons. The molecule has 0 spiro atoms. The standard InChI is InChI=1S/C41H37N5O2/c1-4-39(2,3)40-25-35(36(42)47)46-37(48)34(45(38(40)46)33-23-15-14-22-32(33)40)24-31-26-44(27-43-31)41(28-16-8-5-9-17-28,29-18-10-6-11-19-29)30-20-12-7-13-21-30/h4-24,26-27,35,38H,1,25H2,2-3H3,(H2,42,47)/t35-,38?,40+/m0/s1. The zero-order chi connectivity index (χ0) is 33.3. The van der Waals surface area contributed by atoms with Crippen LogP contribution in [0.1, 0.15) is 48.2 Å². The van der Waals surface area contributed by atoms with Crippen LogP contribution >= 0.6 is 0 Å². The molecule has 8 rings (SSSR count). The van der Waals surface area contributed by atoms with Gasteiger partial charge >= 0.3 is 0 Å². The van der Waals surface area contributed by atoms with Gasteiger partial charge in [0.1, 0.15) is 23.4 Å². The third kappa shape index (κ3) is 3.84. The summed E-state index contributed by atoms with van der Waals surface area (Å²) in [6, 6.07) is 38.6. The molecule has 7 nitrogen and oxygen atoms in total. The highest BCUT2D eigenvalue weighted by molar-refractivity contribution is 6.09. The van der Waals surface area contributed by atoms with Crippen LogP contribution in [0.4, 0.5) is 5.69 Å². The van der Waals surface area contributed by atoms with Gasteiger partial charge in [-0.25, -0.2) is 4.98 Å². The van der Waals surface area contributed by atoms with Gasteiger partial charge in [0.25, 0.3) is 5.91 Å².